The van der Waals surface area contributed by atoms with E-state index < -0.39 is 0 Å². The van der Waals surface area contributed by atoms with Gasteiger partial charge in [-0.15, -0.1) is 0 Å². The summed E-state index contributed by atoms with van der Waals surface area (Å²) < 4.78 is 0. The second-order valence-electron chi connectivity index (χ2n) is 3.74. The van der Waals surface area contributed by atoms with Crippen molar-refractivity contribution < 1.29 is 0 Å². The predicted molar refractivity (Wildman–Crippen MR) is 49.7 cm³/mol. The predicted octanol–water partition coefficient (Wildman–Crippen LogP) is 2.29. The number of rotatable bonds is 2. The Morgan fingerprint density at radius 1 is 1.18 bits per heavy atom. The minimum atomic E-state index is 0.813. The van der Waals surface area contributed by atoms with Crippen molar-refractivity contribution >= 4 is 0 Å². The molecule has 1 heteroatoms. The van der Waals surface area contributed by atoms with E-state index in [0.29, 0.717) is 0 Å². The molecule has 0 aromatic rings. The summed E-state index contributed by atoms with van der Waals surface area (Å²) >= 11 is 0. The van der Waals surface area contributed by atoms with Crippen molar-refractivity contribution in [1.82, 2.24) is 4.90 Å². The van der Waals surface area contributed by atoms with E-state index in [0.717, 1.165) is 5.92 Å². The fourth-order valence-corrected chi connectivity index (χ4v) is 1.56. The van der Waals surface area contributed by atoms with E-state index in [1.807, 2.05) is 0 Å². The van der Waals surface area contributed by atoms with Gasteiger partial charge in [0.1, 0.15) is 0 Å². The first-order valence-electron chi connectivity index (χ1n) is 4.66. The minimum absolute atomic E-state index is 0.813. The highest BCUT2D eigenvalue weighted by Gasteiger charge is 2.06. The topological polar surface area (TPSA) is 3.24 Å². The van der Waals surface area contributed by atoms with Crippen LogP contribution in [0.1, 0.15) is 26.7 Å². The fraction of sp³-hybridized carbons (Fsp3) is 0.800. The summed E-state index contributed by atoms with van der Waals surface area (Å²) in [5.74, 6) is 0.813. The van der Waals surface area contributed by atoms with Crippen LogP contribution in [0.15, 0.2) is 12.2 Å². The maximum atomic E-state index is 2.56. The van der Waals surface area contributed by atoms with E-state index in [4.69, 9.17) is 0 Å². The highest BCUT2D eigenvalue weighted by molar-refractivity contribution is 4.87. The summed E-state index contributed by atoms with van der Waals surface area (Å²) in [4.78, 5) is 2.56. The van der Waals surface area contributed by atoms with Gasteiger partial charge in [0.25, 0.3) is 0 Å². The normalized spacial score (nSPS) is 20.6. The van der Waals surface area contributed by atoms with E-state index in [-0.39, 0.29) is 0 Å². The maximum Gasteiger partial charge on any atom is 0.00161 e. The van der Waals surface area contributed by atoms with Crippen LogP contribution >= 0.6 is 0 Å². The Balaban J connectivity index is 2.23. The van der Waals surface area contributed by atoms with Crippen molar-refractivity contribution in [2.24, 2.45) is 5.92 Å². The van der Waals surface area contributed by atoms with Crippen LogP contribution in [-0.2, 0) is 0 Å². The molecule has 1 heterocycles. The second-order valence-corrected chi connectivity index (χ2v) is 3.74. The molecule has 1 aliphatic rings. The van der Waals surface area contributed by atoms with Gasteiger partial charge >= 0.3 is 0 Å². The summed E-state index contributed by atoms with van der Waals surface area (Å²) in [5.41, 5.74) is 0. The smallest absolute Gasteiger partial charge is 0.00161 e. The lowest BCUT2D eigenvalue weighted by molar-refractivity contribution is 0.257. The Labute approximate surface area is 70.1 Å². The van der Waals surface area contributed by atoms with Gasteiger partial charge in [-0.25, -0.2) is 0 Å². The molecule has 0 saturated carbocycles. The van der Waals surface area contributed by atoms with E-state index in [2.05, 4.69) is 30.9 Å². The first-order valence-corrected chi connectivity index (χ1v) is 4.66. The first kappa shape index (κ1) is 8.79. The Hall–Kier alpha value is -0.300. The molecular formula is C10H19N. The molecule has 0 fully saturated rings. The minimum Gasteiger partial charge on any atom is -0.302 e. The average Bonchev–Trinajstić information content (AvgIpc) is 2.14. The molecule has 0 spiro atoms. The van der Waals surface area contributed by atoms with Gasteiger partial charge in [0.2, 0.25) is 0 Å². The van der Waals surface area contributed by atoms with Gasteiger partial charge in [0.15, 0.2) is 0 Å². The standard InChI is InChI=1S/C10H19N/c1-10(2)9-11-7-5-3-4-6-8-11/h3-4,10H,5-9H2,1-2H3. The van der Waals surface area contributed by atoms with Crippen LogP contribution in [0.3, 0.4) is 0 Å². The summed E-state index contributed by atoms with van der Waals surface area (Å²) in [6, 6.07) is 0. The summed E-state index contributed by atoms with van der Waals surface area (Å²) in [6.07, 6.45) is 7.10. The van der Waals surface area contributed by atoms with Gasteiger partial charge in [0, 0.05) is 19.6 Å². The van der Waals surface area contributed by atoms with Crippen molar-refractivity contribution in [3.05, 3.63) is 12.2 Å². The average molecular weight is 153 g/mol. The van der Waals surface area contributed by atoms with Crippen LogP contribution in [0.4, 0.5) is 0 Å². The lowest BCUT2D eigenvalue weighted by Gasteiger charge is -2.21. The molecule has 64 valence electrons. The van der Waals surface area contributed by atoms with E-state index >= 15 is 0 Å². The van der Waals surface area contributed by atoms with Crippen molar-refractivity contribution in [3.63, 3.8) is 0 Å². The first-order chi connectivity index (χ1) is 5.29. The Bertz CT molecular complexity index is 117. The molecule has 0 radical (unpaired) electrons. The number of hydrogen-bond donors (Lipinski definition) is 0. The summed E-state index contributed by atoms with van der Waals surface area (Å²) in [5, 5.41) is 0. The van der Waals surface area contributed by atoms with Crippen LogP contribution < -0.4 is 0 Å². The van der Waals surface area contributed by atoms with Crippen LogP contribution in [0, 0.1) is 5.92 Å². The number of nitrogens with zero attached hydrogens (tertiary/aromatic N) is 1. The zero-order valence-electron chi connectivity index (χ0n) is 7.71. The molecule has 11 heavy (non-hydrogen) atoms. The molecule has 1 rings (SSSR count). The van der Waals surface area contributed by atoms with E-state index in [9.17, 15) is 0 Å². The highest BCUT2D eigenvalue weighted by atomic mass is 15.1. The molecular weight excluding hydrogens is 134 g/mol. The summed E-state index contributed by atoms with van der Waals surface area (Å²) in [7, 11) is 0. The molecule has 0 saturated heterocycles. The highest BCUT2D eigenvalue weighted by Crippen LogP contribution is 2.05. The molecule has 0 unspecified atom stereocenters. The molecule has 0 atom stereocenters. The van der Waals surface area contributed by atoms with Gasteiger partial charge in [-0.05, 0) is 18.8 Å². The number of hydrogen-bond acceptors (Lipinski definition) is 1. The van der Waals surface area contributed by atoms with Gasteiger partial charge in [0.05, 0.1) is 0 Å². The van der Waals surface area contributed by atoms with Crippen LogP contribution in [-0.4, -0.2) is 24.5 Å². The SMILES string of the molecule is CC(C)CN1CCC=CCC1. The van der Waals surface area contributed by atoms with Crippen molar-refractivity contribution in [2.45, 2.75) is 26.7 Å². The Morgan fingerprint density at radius 3 is 2.18 bits per heavy atom. The molecule has 0 amide bonds. The van der Waals surface area contributed by atoms with E-state index in [1.54, 1.807) is 0 Å². The molecule has 0 aliphatic carbocycles. The third-order valence-corrected chi connectivity index (χ3v) is 2.01. The van der Waals surface area contributed by atoms with Crippen LogP contribution in [0.25, 0.3) is 0 Å². The lowest BCUT2D eigenvalue weighted by atomic mass is 10.2. The van der Waals surface area contributed by atoms with E-state index in [1.165, 1.54) is 32.5 Å². The van der Waals surface area contributed by atoms with Gasteiger partial charge in [-0.2, -0.15) is 0 Å². The second kappa shape index (κ2) is 4.55. The monoisotopic (exact) mass is 153 g/mol. The summed E-state index contributed by atoms with van der Waals surface area (Å²) in [6.45, 7) is 8.36. The van der Waals surface area contributed by atoms with Gasteiger partial charge in [-0.3, -0.25) is 0 Å². The zero-order valence-corrected chi connectivity index (χ0v) is 7.71. The molecule has 1 aliphatic heterocycles. The largest absolute Gasteiger partial charge is 0.302 e. The molecule has 1 nitrogen and oxygen atoms in total. The fourth-order valence-electron chi connectivity index (χ4n) is 1.56. The maximum absolute atomic E-state index is 2.56. The molecule has 0 aromatic heterocycles. The Morgan fingerprint density at radius 2 is 1.73 bits per heavy atom. The van der Waals surface area contributed by atoms with Gasteiger partial charge in [-0.1, -0.05) is 26.0 Å². The third-order valence-electron chi connectivity index (χ3n) is 2.01. The van der Waals surface area contributed by atoms with Crippen molar-refractivity contribution in [2.75, 3.05) is 19.6 Å². The molecule has 0 aromatic carbocycles. The van der Waals surface area contributed by atoms with Crippen LogP contribution in [0.2, 0.25) is 0 Å². The lowest BCUT2D eigenvalue weighted by Crippen LogP contribution is -2.28. The molecule has 0 bridgehead atoms. The Kier molecular flexibility index (Phi) is 3.64. The quantitative estimate of drug-likeness (QED) is 0.550. The van der Waals surface area contributed by atoms with Crippen molar-refractivity contribution in [3.8, 4) is 0 Å². The van der Waals surface area contributed by atoms with Crippen LogP contribution in [0.5, 0.6) is 0 Å². The zero-order chi connectivity index (χ0) is 8.10. The van der Waals surface area contributed by atoms with Gasteiger partial charge < -0.3 is 4.90 Å². The van der Waals surface area contributed by atoms with Crippen molar-refractivity contribution in [1.29, 1.82) is 0 Å². The molecule has 0 N–H and O–H groups in total. The third kappa shape index (κ3) is 3.57.